The van der Waals surface area contributed by atoms with E-state index >= 15 is 0 Å². The van der Waals surface area contributed by atoms with Gasteiger partial charge in [0, 0.05) is 13.6 Å². The van der Waals surface area contributed by atoms with Gasteiger partial charge in [0.2, 0.25) is 5.91 Å². The Morgan fingerprint density at radius 1 is 1.53 bits per heavy atom. The van der Waals surface area contributed by atoms with E-state index in [4.69, 9.17) is 16.0 Å². The lowest BCUT2D eigenvalue weighted by Gasteiger charge is -2.07. The summed E-state index contributed by atoms with van der Waals surface area (Å²) >= 11 is 8.57. The van der Waals surface area contributed by atoms with E-state index in [9.17, 15) is 4.79 Å². The van der Waals surface area contributed by atoms with Crippen molar-refractivity contribution in [2.45, 2.75) is 16.9 Å². The minimum absolute atomic E-state index is 0.115. The van der Waals surface area contributed by atoms with Crippen molar-refractivity contribution in [2.75, 3.05) is 13.6 Å². The monoisotopic (exact) mass is 315 g/mol. The second-order valence-electron chi connectivity index (χ2n) is 4.13. The first-order valence-corrected chi connectivity index (χ1v) is 7.72. The third kappa shape index (κ3) is 2.63. The van der Waals surface area contributed by atoms with Crippen molar-refractivity contribution in [3.8, 4) is 10.8 Å². The maximum atomic E-state index is 11.8. The van der Waals surface area contributed by atoms with Crippen LogP contribution in [0.1, 0.15) is 6.42 Å². The molecule has 3 rings (SSSR count). The van der Waals surface area contributed by atoms with Crippen LogP contribution < -0.4 is 0 Å². The van der Waals surface area contributed by atoms with E-state index in [1.165, 1.54) is 23.1 Å². The van der Waals surface area contributed by atoms with Gasteiger partial charge in [0.05, 0.1) is 14.5 Å². The van der Waals surface area contributed by atoms with Gasteiger partial charge in [0.1, 0.15) is 0 Å². The summed E-state index contributed by atoms with van der Waals surface area (Å²) < 4.78 is 6.23. The van der Waals surface area contributed by atoms with E-state index in [0.717, 1.165) is 17.8 Å². The fourth-order valence-electron chi connectivity index (χ4n) is 1.81. The Bertz CT molecular complexity index is 613. The lowest BCUT2D eigenvalue weighted by atomic mass is 10.4. The first-order valence-electron chi connectivity index (χ1n) is 5.64. The Morgan fingerprint density at radius 3 is 3.00 bits per heavy atom. The molecule has 0 N–H and O–H groups in total. The molecule has 5 nitrogen and oxygen atoms in total. The van der Waals surface area contributed by atoms with Crippen molar-refractivity contribution in [3.05, 3.63) is 16.5 Å². The number of rotatable bonds is 3. The summed E-state index contributed by atoms with van der Waals surface area (Å²) in [7, 11) is 1.80. The zero-order valence-corrected chi connectivity index (χ0v) is 12.4. The third-order valence-corrected chi connectivity index (χ3v) is 5.12. The van der Waals surface area contributed by atoms with Crippen LogP contribution in [0.5, 0.6) is 0 Å². The molecule has 1 unspecified atom stereocenters. The third-order valence-electron chi connectivity index (χ3n) is 2.81. The number of aromatic nitrogens is 2. The molecule has 1 amide bonds. The molecule has 8 heteroatoms. The fourth-order valence-corrected chi connectivity index (χ4v) is 3.73. The number of thioether (sulfide) groups is 1. The van der Waals surface area contributed by atoms with Crippen molar-refractivity contribution in [2.24, 2.45) is 0 Å². The summed E-state index contributed by atoms with van der Waals surface area (Å²) in [6.07, 6.45) is 0.808. The molecule has 1 fully saturated rings. The van der Waals surface area contributed by atoms with Gasteiger partial charge in [0.25, 0.3) is 11.1 Å². The summed E-state index contributed by atoms with van der Waals surface area (Å²) in [4.78, 5) is 14.3. The van der Waals surface area contributed by atoms with Crippen LogP contribution >= 0.6 is 34.7 Å². The molecule has 0 radical (unpaired) electrons. The second kappa shape index (κ2) is 5.15. The predicted octanol–water partition coefficient (Wildman–Crippen LogP) is 2.77. The predicted molar refractivity (Wildman–Crippen MR) is 74.5 cm³/mol. The van der Waals surface area contributed by atoms with E-state index in [-0.39, 0.29) is 11.2 Å². The molecule has 0 aromatic carbocycles. The standard InChI is InChI=1S/C11H10ClN3O2S2/c1-15-5-4-7(10(15)16)19-11-14-13-9(17-11)6-2-3-8(12)18-6/h2-3,7H,4-5H2,1H3. The number of halogens is 1. The second-order valence-corrected chi connectivity index (χ2v) is 7.00. The summed E-state index contributed by atoms with van der Waals surface area (Å²) in [5, 5.41) is 8.24. The number of likely N-dealkylation sites (tertiary alicyclic amines) is 1. The van der Waals surface area contributed by atoms with Gasteiger partial charge in [0.15, 0.2) is 0 Å². The molecule has 0 bridgehead atoms. The molecular formula is C11H10ClN3O2S2. The summed E-state index contributed by atoms with van der Waals surface area (Å²) in [6.45, 7) is 0.776. The van der Waals surface area contributed by atoms with Gasteiger partial charge in [-0.3, -0.25) is 4.79 Å². The average molecular weight is 316 g/mol. The van der Waals surface area contributed by atoms with Gasteiger partial charge in [-0.05, 0) is 18.6 Å². The van der Waals surface area contributed by atoms with E-state index < -0.39 is 0 Å². The number of nitrogens with zero attached hydrogens (tertiary/aromatic N) is 3. The highest BCUT2D eigenvalue weighted by Gasteiger charge is 2.31. The SMILES string of the molecule is CN1CCC(Sc2nnc(-c3ccc(Cl)s3)o2)C1=O. The number of amides is 1. The van der Waals surface area contributed by atoms with E-state index in [2.05, 4.69) is 10.2 Å². The first kappa shape index (κ1) is 13.0. The molecule has 19 heavy (non-hydrogen) atoms. The number of carbonyl (C=O) groups excluding carboxylic acids is 1. The van der Waals surface area contributed by atoms with Crippen LogP contribution in [0.15, 0.2) is 21.8 Å². The topological polar surface area (TPSA) is 59.2 Å². The Hall–Kier alpha value is -1.05. The molecule has 1 saturated heterocycles. The largest absolute Gasteiger partial charge is 0.410 e. The highest BCUT2D eigenvalue weighted by atomic mass is 35.5. The highest BCUT2D eigenvalue weighted by Crippen LogP contribution is 2.34. The zero-order valence-electron chi connectivity index (χ0n) is 10.00. The molecule has 1 aliphatic heterocycles. The average Bonchev–Trinajstić information content (AvgIpc) is 3.07. The molecule has 1 aliphatic rings. The van der Waals surface area contributed by atoms with Crippen molar-refractivity contribution in [3.63, 3.8) is 0 Å². The van der Waals surface area contributed by atoms with Gasteiger partial charge < -0.3 is 9.32 Å². The summed E-state index contributed by atoms with van der Waals surface area (Å²) in [5.74, 6) is 0.558. The molecule has 1 atom stereocenters. The number of hydrogen-bond acceptors (Lipinski definition) is 6. The summed E-state index contributed by atoms with van der Waals surface area (Å²) in [6, 6.07) is 3.62. The molecule has 2 aromatic rings. The summed E-state index contributed by atoms with van der Waals surface area (Å²) in [5.41, 5.74) is 0. The van der Waals surface area contributed by atoms with Gasteiger partial charge in [-0.25, -0.2) is 0 Å². The Labute approximate surface area is 122 Å². The smallest absolute Gasteiger partial charge is 0.277 e. The molecule has 3 heterocycles. The zero-order chi connectivity index (χ0) is 13.4. The molecule has 0 saturated carbocycles. The molecular weight excluding hydrogens is 306 g/mol. The lowest BCUT2D eigenvalue weighted by Crippen LogP contribution is -2.23. The molecule has 100 valence electrons. The Balaban J connectivity index is 1.73. The van der Waals surface area contributed by atoms with Gasteiger partial charge in [-0.1, -0.05) is 23.4 Å². The van der Waals surface area contributed by atoms with Crippen molar-refractivity contribution >= 4 is 40.6 Å². The van der Waals surface area contributed by atoms with E-state index in [1.807, 2.05) is 6.07 Å². The maximum Gasteiger partial charge on any atom is 0.277 e. The molecule has 2 aromatic heterocycles. The van der Waals surface area contributed by atoms with Crippen LogP contribution in [0.2, 0.25) is 4.34 Å². The Morgan fingerprint density at radius 2 is 2.37 bits per heavy atom. The lowest BCUT2D eigenvalue weighted by molar-refractivity contribution is -0.126. The molecule has 0 aliphatic carbocycles. The maximum absolute atomic E-state index is 11.8. The fraction of sp³-hybridized carbons (Fsp3) is 0.364. The number of carbonyl (C=O) groups is 1. The Kier molecular flexibility index (Phi) is 3.51. The van der Waals surface area contributed by atoms with Crippen molar-refractivity contribution in [1.82, 2.24) is 15.1 Å². The number of hydrogen-bond donors (Lipinski definition) is 0. The van der Waals surface area contributed by atoms with Crippen LogP contribution in [0.25, 0.3) is 10.8 Å². The first-order chi connectivity index (χ1) is 9.13. The van der Waals surface area contributed by atoms with Crippen molar-refractivity contribution in [1.29, 1.82) is 0 Å². The highest BCUT2D eigenvalue weighted by molar-refractivity contribution is 8.00. The van der Waals surface area contributed by atoms with Crippen LogP contribution in [-0.2, 0) is 4.79 Å². The van der Waals surface area contributed by atoms with Gasteiger partial charge in [-0.2, -0.15) is 0 Å². The normalized spacial score (nSPS) is 19.4. The van der Waals surface area contributed by atoms with Crippen LogP contribution in [0.3, 0.4) is 0 Å². The van der Waals surface area contributed by atoms with E-state index in [0.29, 0.717) is 15.4 Å². The molecule has 0 spiro atoms. The number of thiophene rings is 1. The van der Waals surface area contributed by atoms with Gasteiger partial charge >= 0.3 is 0 Å². The van der Waals surface area contributed by atoms with Crippen LogP contribution in [0.4, 0.5) is 0 Å². The quantitative estimate of drug-likeness (QED) is 0.871. The van der Waals surface area contributed by atoms with Crippen LogP contribution in [0, 0.1) is 0 Å². The minimum Gasteiger partial charge on any atom is -0.410 e. The van der Waals surface area contributed by atoms with Crippen molar-refractivity contribution < 1.29 is 9.21 Å². The van der Waals surface area contributed by atoms with Crippen LogP contribution in [-0.4, -0.2) is 39.8 Å². The van der Waals surface area contributed by atoms with Gasteiger partial charge in [-0.15, -0.1) is 21.5 Å². The minimum atomic E-state index is -0.120. The van der Waals surface area contributed by atoms with E-state index in [1.54, 1.807) is 18.0 Å².